The number of nitrogens with one attached hydrogen (secondary N) is 1. The molecule has 0 radical (unpaired) electrons. The molecule has 0 amide bonds. The summed E-state index contributed by atoms with van der Waals surface area (Å²) in [6, 6.07) is 0. The molecule has 1 N–H and O–H groups in total. The van der Waals surface area contributed by atoms with E-state index in [9.17, 15) is 0 Å². The van der Waals surface area contributed by atoms with Crippen molar-refractivity contribution in [3.63, 3.8) is 0 Å². The SMILES string of the molecule is CCCCCCCCCCC(CCCCCCCC)CNC(CCCCCCCC)=C(C)C. The first kappa shape index (κ1) is 32.5. The van der Waals surface area contributed by atoms with E-state index in [1.54, 1.807) is 5.70 Å². The van der Waals surface area contributed by atoms with Gasteiger partial charge in [-0.05, 0) is 45.4 Å². The molecule has 1 heteroatoms. The van der Waals surface area contributed by atoms with Gasteiger partial charge in [0.2, 0.25) is 0 Å². The Morgan fingerprint density at radius 3 is 1.24 bits per heavy atom. The van der Waals surface area contributed by atoms with Crippen molar-refractivity contribution < 1.29 is 0 Å². The summed E-state index contributed by atoms with van der Waals surface area (Å²) < 4.78 is 0. The molecule has 0 heterocycles. The molecule has 1 nitrogen and oxygen atoms in total. The van der Waals surface area contributed by atoms with Crippen molar-refractivity contribution in [1.29, 1.82) is 0 Å². The van der Waals surface area contributed by atoms with Crippen LogP contribution in [0.3, 0.4) is 0 Å². The second-order valence-corrected chi connectivity index (χ2v) is 11.1. The van der Waals surface area contributed by atoms with Crippen molar-refractivity contribution in [3.05, 3.63) is 11.3 Å². The van der Waals surface area contributed by atoms with Crippen LogP contribution in [0.15, 0.2) is 11.3 Å². The van der Waals surface area contributed by atoms with Crippen LogP contribution in [0, 0.1) is 5.92 Å². The summed E-state index contributed by atoms with van der Waals surface area (Å²) in [7, 11) is 0. The summed E-state index contributed by atoms with van der Waals surface area (Å²) >= 11 is 0. The van der Waals surface area contributed by atoms with E-state index in [0.717, 1.165) is 5.92 Å². The largest absolute Gasteiger partial charge is 0.388 e. The maximum Gasteiger partial charge on any atom is 0.0172 e. The predicted octanol–water partition coefficient (Wildman–Crippen LogP) is 11.5. The zero-order valence-corrected chi connectivity index (χ0v) is 24.0. The van der Waals surface area contributed by atoms with Crippen LogP contribution in [0.1, 0.15) is 182 Å². The molecular weight excluding hydrogens is 398 g/mol. The number of rotatable bonds is 26. The van der Waals surface area contributed by atoms with E-state index >= 15 is 0 Å². The lowest BCUT2D eigenvalue weighted by Gasteiger charge is -2.21. The smallest absolute Gasteiger partial charge is 0.0172 e. The molecule has 1 unspecified atom stereocenters. The third-order valence-electron chi connectivity index (χ3n) is 7.42. The molecule has 198 valence electrons. The monoisotopic (exact) mass is 464 g/mol. The number of allylic oxidation sites excluding steroid dienone is 2. The van der Waals surface area contributed by atoms with Crippen molar-refractivity contribution in [2.24, 2.45) is 5.92 Å². The maximum atomic E-state index is 3.94. The van der Waals surface area contributed by atoms with Crippen molar-refractivity contribution in [1.82, 2.24) is 5.32 Å². The van der Waals surface area contributed by atoms with Gasteiger partial charge in [0.25, 0.3) is 0 Å². The van der Waals surface area contributed by atoms with Gasteiger partial charge in [-0.1, -0.05) is 148 Å². The Kier molecular flexibility index (Phi) is 25.8. The van der Waals surface area contributed by atoms with Crippen LogP contribution in [-0.4, -0.2) is 6.54 Å². The highest BCUT2D eigenvalue weighted by Crippen LogP contribution is 2.21. The average molecular weight is 464 g/mol. The molecule has 0 spiro atoms. The molecular formula is C32H65N. The van der Waals surface area contributed by atoms with Gasteiger partial charge in [-0.3, -0.25) is 0 Å². The first-order chi connectivity index (χ1) is 16.2. The van der Waals surface area contributed by atoms with Gasteiger partial charge < -0.3 is 5.32 Å². The van der Waals surface area contributed by atoms with Gasteiger partial charge in [-0.15, -0.1) is 0 Å². The van der Waals surface area contributed by atoms with Gasteiger partial charge in [0.15, 0.2) is 0 Å². The van der Waals surface area contributed by atoms with Gasteiger partial charge in [0, 0.05) is 12.2 Å². The Bertz CT molecular complexity index is 407. The lowest BCUT2D eigenvalue weighted by molar-refractivity contribution is 0.389. The lowest BCUT2D eigenvalue weighted by atomic mass is 9.93. The maximum absolute atomic E-state index is 3.94. The highest BCUT2D eigenvalue weighted by molar-refractivity contribution is 5.07. The Morgan fingerprint density at radius 1 is 0.485 bits per heavy atom. The Morgan fingerprint density at radius 2 is 0.848 bits per heavy atom. The number of unbranched alkanes of at least 4 members (excludes halogenated alkanes) is 17. The van der Waals surface area contributed by atoms with Crippen LogP contribution in [0.2, 0.25) is 0 Å². The Balaban J connectivity index is 4.30. The molecule has 1 atom stereocenters. The fourth-order valence-corrected chi connectivity index (χ4v) is 4.99. The first-order valence-electron chi connectivity index (χ1n) is 15.6. The summed E-state index contributed by atoms with van der Waals surface area (Å²) in [6.45, 7) is 12.8. The molecule has 0 saturated heterocycles. The first-order valence-corrected chi connectivity index (χ1v) is 15.6. The fourth-order valence-electron chi connectivity index (χ4n) is 4.99. The lowest BCUT2D eigenvalue weighted by Crippen LogP contribution is -2.23. The molecule has 33 heavy (non-hydrogen) atoms. The standard InChI is InChI=1S/C32H65N/c1-6-9-12-15-18-19-21-24-27-31(26-23-20-16-13-10-7-2)29-33-32(30(4)5)28-25-22-17-14-11-8-3/h31,33H,6-29H2,1-5H3. The molecule has 0 aliphatic heterocycles. The minimum absolute atomic E-state index is 0.871. The Hall–Kier alpha value is -0.460. The molecule has 0 aromatic heterocycles. The van der Waals surface area contributed by atoms with Gasteiger partial charge in [0.1, 0.15) is 0 Å². The van der Waals surface area contributed by atoms with Gasteiger partial charge in [-0.2, -0.15) is 0 Å². The predicted molar refractivity (Wildman–Crippen MR) is 153 cm³/mol. The van der Waals surface area contributed by atoms with Crippen LogP contribution >= 0.6 is 0 Å². The highest BCUT2D eigenvalue weighted by atomic mass is 14.9. The van der Waals surface area contributed by atoms with Crippen LogP contribution in [0.25, 0.3) is 0 Å². The van der Waals surface area contributed by atoms with Crippen molar-refractivity contribution in [3.8, 4) is 0 Å². The minimum Gasteiger partial charge on any atom is -0.388 e. The molecule has 0 rings (SSSR count). The number of hydrogen-bond acceptors (Lipinski definition) is 1. The minimum atomic E-state index is 0.871. The van der Waals surface area contributed by atoms with E-state index in [-0.39, 0.29) is 0 Å². The quantitative estimate of drug-likeness (QED) is 0.126. The summed E-state index contributed by atoms with van der Waals surface area (Å²) in [5.41, 5.74) is 3.06. The van der Waals surface area contributed by atoms with Crippen LogP contribution in [0.5, 0.6) is 0 Å². The third-order valence-corrected chi connectivity index (χ3v) is 7.42. The topological polar surface area (TPSA) is 12.0 Å². The summed E-state index contributed by atoms with van der Waals surface area (Å²) in [4.78, 5) is 0. The van der Waals surface area contributed by atoms with Crippen molar-refractivity contribution in [2.75, 3.05) is 6.54 Å². The second kappa shape index (κ2) is 26.2. The van der Waals surface area contributed by atoms with E-state index in [2.05, 4.69) is 39.9 Å². The van der Waals surface area contributed by atoms with E-state index in [4.69, 9.17) is 0 Å². The van der Waals surface area contributed by atoms with Gasteiger partial charge >= 0.3 is 0 Å². The van der Waals surface area contributed by atoms with Crippen molar-refractivity contribution >= 4 is 0 Å². The van der Waals surface area contributed by atoms with E-state index in [1.807, 2.05) is 0 Å². The molecule has 0 aliphatic carbocycles. The zero-order chi connectivity index (χ0) is 24.4. The summed E-state index contributed by atoms with van der Waals surface area (Å²) in [5.74, 6) is 0.871. The van der Waals surface area contributed by atoms with E-state index in [1.165, 1.54) is 160 Å². The van der Waals surface area contributed by atoms with E-state index < -0.39 is 0 Å². The van der Waals surface area contributed by atoms with E-state index in [0.29, 0.717) is 0 Å². The number of hydrogen-bond donors (Lipinski definition) is 1. The van der Waals surface area contributed by atoms with Crippen molar-refractivity contribution in [2.45, 2.75) is 182 Å². The normalized spacial score (nSPS) is 12.2. The average Bonchev–Trinajstić information content (AvgIpc) is 2.81. The fraction of sp³-hybridized carbons (Fsp3) is 0.938. The summed E-state index contributed by atoms with van der Waals surface area (Å²) in [5, 5.41) is 3.94. The Labute approximate surface area is 211 Å². The summed E-state index contributed by atoms with van der Waals surface area (Å²) in [6.07, 6.45) is 32.5. The molecule has 0 aliphatic rings. The highest BCUT2D eigenvalue weighted by Gasteiger charge is 2.10. The second-order valence-electron chi connectivity index (χ2n) is 11.1. The third kappa shape index (κ3) is 23.1. The van der Waals surface area contributed by atoms with Crippen LogP contribution < -0.4 is 5.32 Å². The molecule has 0 aromatic carbocycles. The van der Waals surface area contributed by atoms with Crippen LogP contribution in [-0.2, 0) is 0 Å². The molecule has 0 saturated carbocycles. The molecule has 0 fully saturated rings. The van der Waals surface area contributed by atoms with Crippen LogP contribution in [0.4, 0.5) is 0 Å². The van der Waals surface area contributed by atoms with Gasteiger partial charge in [0.05, 0.1) is 0 Å². The molecule has 0 bridgehead atoms. The molecule has 0 aromatic rings. The zero-order valence-electron chi connectivity index (χ0n) is 24.0. The van der Waals surface area contributed by atoms with Gasteiger partial charge in [-0.25, -0.2) is 0 Å².